The summed E-state index contributed by atoms with van der Waals surface area (Å²) >= 11 is 6.90. The molecule has 2 heterocycles. The molecule has 0 radical (unpaired) electrons. The fourth-order valence-electron chi connectivity index (χ4n) is 1.64. The fourth-order valence-corrected chi connectivity index (χ4v) is 2.77. The third-order valence-electron chi connectivity index (χ3n) is 2.56. The topological polar surface area (TPSA) is 29.9 Å². The zero-order chi connectivity index (χ0) is 12.4. The monoisotopic (exact) mass is 357 g/mol. The van der Waals surface area contributed by atoms with Crippen molar-refractivity contribution >= 4 is 31.9 Å². The largest absolute Gasteiger partial charge is 0.320 e. The smallest absolute Gasteiger partial charge is 0.0753 e. The Kier molecular flexibility index (Phi) is 3.89. The minimum atomic E-state index is 0.685. The van der Waals surface area contributed by atoms with Crippen LogP contribution in [0.1, 0.15) is 17.1 Å². The normalized spacial score (nSPS) is 10.6. The summed E-state index contributed by atoms with van der Waals surface area (Å²) in [5.74, 6) is 0. The van der Waals surface area contributed by atoms with Crippen molar-refractivity contribution in [3.05, 3.63) is 50.4 Å². The second kappa shape index (κ2) is 5.23. The molecule has 0 aliphatic heterocycles. The summed E-state index contributed by atoms with van der Waals surface area (Å²) in [6.45, 7) is 4.83. The van der Waals surface area contributed by atoms with Gasteiger partial charge in [-0.15, -0.1) is 0 Å². The standard InChI is InChI=1S/C12H13Br2N3/c1-8-3-4-9(2)17(8)16-7-12-11(14)5-10(13)6-15-12/h3-6,16H,7H2,1-2H3. The molecule has 0 fully saturated rings. The van der Waals surface area contributed by atoms with E-state index >= 15 is 0 Å². The molecular weight excluding hydrogens is 346 g/mol. The van der Waals surface area contributed by atoms with E-state index in [0.29, 0.717) is 6.54 Å². The Balaban J connectivity index is 2.13. The highest BCUT2D eigenvalue weighted by Crippen LogP contribution is 2.19. The highest BCUT2D eigenvalue weighted by atomic mass is 79.9. The van der Waals surface area contributed by atoms with Crippen molar-refractivity contribution in [2.75, 3.05) is 5.43 Å². The molecular formula is C12H13Br2N3. The molecule has 2 rings (SSSR count). The molecule has 0 saturated carbocycles. The number of aryl methyl sites for hydroxylation is 2. The maximum absolute atomic E-state index is 4.37. The van der Waals surface area contributed by atoms with Crippen molar-refractivity contribution in [2.24, 2.45) is 0 Å². The van der Waals surface area contributed by atoms with Gasteiger partial charge in [0.25, 0.3) is 0 Å². The molecule has 0 saturated heterocycles. The van der Waals surface area contributed by atoms with Crippen molar-refractivity contribution in [2.45, 2.75) is 20.4 Å². The van der Waals surface area contributed by atoms with Crippen LogP contribution < -0.4 is 5.43 Å². The van der Waals surface area contributed by atoms with Gasteiger partial charge in [0.2, 0.25) is 0 Å². The van der Waals surface area contributed by atoms with Gasteiger partial charge in [-0.05, 0) is 63.9 Å². The zero-order valence-electron chi connectivity index (χ0n) is 9.67. The molecule has 0 unspecified atom stereocenters. The fraction of sp³-hybridized carbons (Fsp3) is 0.250. The SMILES string of the molecule is Cc1ccc(C)n1NCc1ncc(Br)cc1Br. The summed E-state index contributed by atoms with van der Waals surface area (Å²) in [5.41, 5.74) is 6.71. The Bertz CT molecular complexity index is 515. The molecule has 0 aliphatic rings. The van der Waals surface area contributed by atoms with E-state index in [0.717, 1.165) is 14.6 Å². The third-order valence-corrected chi connectivity index (χ3v) is 3.68. The van der Waals surface area contributed by atoms with Crippen LogP contribution in [-0.2, 0) is 6.54 Å². The Morgan fingerprint density at radius 2 is 1.88 bits per heavy atom. The lowest BCUT2D eigenvalue weighted by Crippen LogP contribution is -2.17. The van der Waals surface area contributed by atoms with Crippen molar-refractivity contribution in [1.29, 1.82) is 0 Å². The molecule has 0 aromatic carbocycles. The van der Waals surface area contributed by atoms with E-state index < -0.39 is 0 Å². The maximum Gasteiger partial charge on any atom is 0.0753 e. The van der Waals surface area contributed by atoms with Gasteiger partial charge in [-0.1, -0.05) is 0 Å². The van der Waals surface area contributed by atoms with Gasteiger partial charge in [0.05, 0.1) is 12.2 Å². The average Bonchev–Trinajstić information content (AvgIpc) is 2.58. The summed E-state index contributed by atoms with van der Waals surface area (Å²) < 4.78 is 4.04. The maximum atomic E-state index is 4.37. The van der Waals surface area contributed by atoms with Crippen LogP contribution in [0.2, 0.25) is 0 Å². The highest BCUT2D eigenvalue weighted by molar-refractivity contribution is 9.11. The van der Waals surface area contributed by atoms with Crippen molar-refractivity contribution in [3.63, 3.8) is 0 Å². The Labute approximate surface area is 117 Å². The van der Waals surface area contributed by atoms with Gasteiger partial charge in [-0.25, -0.2) is 0 Å². The molecule has 1 N–H and O–H groups in total. The first kappa shape index (κ1) is 12.6. The van der Waals surface area contributed by atoms with Gasteiger partial charge < -0.3 is 5.43 Å². The van der Waals surface area contributed by atoms with Crippen LogP contribution in [0.15, 0.2) is 33.3 Å². The number of hydrogen-bond acceptors (Lipinski definition) is 2. The molecule has 0 spiro atoms. The minimum Gasteiger partial charge on any atom is -0.320 e. The number of pyridine rings is 1. The van der Waals surface area contributed by atoms with Crippen LogP contribution in [0.4, 0.5) is 0 Å². The van der Waals surface area contributed by atoms with E-state index in [1.165, 1.54) is 11.4 Å². The van der Waals surface area contributed by atoms with Gasteiger partial charge in [0.15, 0.2) is 0 Å². The summed E-state index contributed by atoms with van der Waals surface area (Å²) in [7, 11) is 0. The lowest BCUT2D eigenvalue weighted by Gasteiger charge is -2.13. The van der Waals surface area contributed by atoms with Crippen LogP contribution in [0.3, 0.4) is 0 Å². The number of halogens is 2. The minimum absolute atomic E-state index is 0.685. The molecule has 2 aromatic rings. The molecule has 0 aliphatic carbocycles. The first-order valence-corrected chi connectivity index (χ1v) is 6.85. The van der Waals surface area contributed by atoms with Gasteiger partial charge in [-0.3, -0.25) is 9.66 Å². The van der Waals surface area contributed by atoms with Crippen LogP contribution >= 0.6 is 31.9 Å². The second-order valence-electron chi connectivity index (χ2n) is 3.87. The molecule has 3 nitrogen and oxygen atoms in total. The Morgan fingerprint density at radius 3 is 2.47 bits per heavy atom. The predicted molar refractivity (Wildman–Crippen MR) is 76.6 cm³/mol. The van der Waals surface area contributed by atoms with Gasteiger partial charge in [0.1, 0.15) is 0 Å². The highest BCUT2D eigenvalue weighted by Gasteiger charge is 2.04. The van der Waals surface area contributed by atoms with E-state index in [1.807, 2.05) is 6.07 Å². The summed E-state index contributed by atoms with van der Waals surface area (Å²) in [6, 6.07) is 6.18. The van der Waals surface area contributed by atoms with E-state index in [1.54, 1.807) is 6.20 Å². The van der Waals surface area contributed by atoms with Gasteiger partial charge in [0, 0.05) is 26.5 Å². The third kappa shape index (κ3) is 2.90. The number of nitrogens with one attached hydrogen (secondary N) is 1. The lowest BCUT2D eigenvalue weighted by atomic mass is 10.3. The van der Waals surface area contributed by atoms with Crippen LogP contribution in [-0.4, -0.2) is 9.66 Å². The number of hydrogen-bond donors (Lipinski definition) is 1. The second-order valence-corrected chi connectivity index (χ2v) is 5.64. The Morgan fingerprint density at radius 1 is 1.24 bits per heavy atom. The predicted octanol–water partition coefficient (Wildman–Crippen LogP) is 3.77. The van der Waals surface area contributed by atoms with Crippen LogP contribution in [0.5, 0.6) is 0 Å². The van der Waals surface area contributed by atoms with E-state index in [-0.39, 0.29) is 0 Å². The zero-order valence-corrected chi connectivity index (χ0v) is 12.8. The summed E-state index contributed by atoms with van der Waals surface area (Å²) in [6.07, 6.45) is 1.80. The number of nitrogens with zero attached hydrogens (tertiary/aromatic N) is 2. The molecule has 0 bridgehead atoms. The van der Waals surface area contributed by atoms with E-state index in [2.05, 4.69) is 72.9 Å². The summed E-state index contributed by atoms with van der Waals surface area (Å²) in [5, 5.41) is 0. The van der Waals surface area contributed by atoms with Gasteiger partial charge in [-0.2, -0.15) is 0 Å². The molecule has 17 heavy (non-hydrogen) atoms. The van der Waals surface area contributed by atoms with Crippen molar-refractivity contribution < 1.29 is 0 Å². The Hall–Kier alpha value is -0.810. The molecule has 5 heteroatoms. The molecule has 0 atom stereocenters. The van der Waals surface area contributed by atoms with E-state index in [9.17, 15) is 0 Å². The molecule has 90 valence electrons. The quantitative estimate of drug-likeness (QED) is 0.905. The molecule has 0 amide bonds. The number of rotatable bonds is 3. The molecule has 2 aromatic heterocycles. The van der Waals surface area contributed by atoms with Crippen LogP contribution in [0.25, 0.3) is 0 Å². The summed E-state index contributed by atoms with van der Waals surface area (Å²) in [4.78, 5) is 4.37. The van der Waals surface area contributed by atoms with Crippen molar-refractivity contribution in [1.82, 2.24) is 9.66 Å². The first-order chi connectivity index (χ1) is 8.08. The first-order valence-electron chi connectivity index (χ1n) is 5.26. The van der Waals surface area contributed by atoms with Gasteiger partial charge >= 0.3 is 0 Å². The van der Waals surface area contributed by atoms with Crippen LogP contribution in [0, 0.1) is 13.8 Å². The number of aromatic nitrogens is 2. The lowest BCUT2D eigenvalue weighted by molar-refractivity contribution is 0.778. The van der Waals surface area contributed by atoms with Crippen molar-refractivity contribution in [3.8, 4) is 0 Å². The van der Waals surface area contributed by atoms with E-state index in [4.69, 9.17) is 0 Å². The average molecular weight is 359 g/mol.